The highest BCUT2D eigenvalue weighted by atomic mass is 15.5. The number of hydrogen-bond acceptors (Lipinski definition) is 3. The Bertz CT molecular complexity index is 365. The zero-order valence-corrected chi connectivity index (χ0v) is 11.2. The predicted octanol–water partition coefficient (Wildman–Crippen LogP) is 1.68. The number of nitrogens with zero attached hydrogens (tertiary/aromatic N) is 2. The van der Waals surface area contributed by atoms with Crippen molar-refractivity contribution in [3.05, 3.63) is 35.9 Å². The summed E-state index contributed by atoms with van der Waals surface area (Å²) in [6, 6.07) is 11.6. The van der Waals surface area contributed by atoms with Crippen LogP contribution in [0.2, 0.25) is 0 Å². The largest absolute Gasteiger partial charge is 0.304 e. The van der Waals surface area contributed by atoms with E-state index in [1.807, 2.05) is 0 Å². The molecule has 0 unspecified atom stereocenters. The number of hydrazine groups is 1. The zero-order valence-electron chi connectivity index (χ0n) is 11.2. The second-order valence-corrected chi connectivity index (χ2v) is 5.70. The van der Waals surface area contributed by atoms with Gasteiger partial charge in [-0.2, -0.15) is 0 Å². The highest BCUT2D eigenvalue weighted by molar-refractivity contribution is 5.22. The summed E-state index contributed by atoms with van der Waals surface area (Å²) in [6.07, 6.45) is 2.58. The minimum absolute atomic E-state index is 0.693. The average molecular weight is 245 g/mol. The number of piperazine rings is 1. The monoisotopic (exact) mass is 245 g/mol. The molecule has 3 nitrogen and oxygen atoms in total. The van der Waals surface area contributed by atoms with Crippen LogP contribution in [-0.4, -0.2) is 49.2 Å². The van der Waals surface area contributed by atoms with Crippen LogP contribution in [0, 0.1) is 0 Å². The van der Waals surface area contributed by atoms with E-state index in [2.05, 4.69) is 52.7 Å². The molecule has 1 heterocycles. The molecule has 0 amide bonds. The molecule has 0 radical (unpaired) electrons. The van der Waals surface area contributed by atoms with Crippen molar-refractivity contribution in [1.82, 2.24) is 15.3 Å². The molecule has 0 bridgehead atoms. The Hall–Kier alpha value is -0.900. The Morgan fingerprint density at radius 2 is 1.67 bits per heavy atom. The lowest BCUT2D eigenvalue weighted by atomic mass is 9.76. The predicted molar refractivity (Wildman–Crippen MR) is 74.4 cm³/mol. The second kappa shape index (κ2) is 5.39. The highest BCUT2D eigenvalue weighted by Gasteiger charge is 2.31. The van der Waals surface area contributed by atoms with Gasteiger partial charge in [-0.25, -0.2) is 5.01 Å². The van der Waals surface area contributed by atoms with Crippen LogP contribution in [0.15, 0.2) is 30.3 Å². The zero-order chi connectivity index (χ0) is 12.4. The maximum atomic E-state index is 3.68. The van der Waals surface area contributed by atoms with Crippen LogP contribution < -0.4 is 5.43 Å². The molecule has 1 saturated heterocycles. The first-order chi connectivity index (χ1) is 8.81. The third-order valence-corrected chi connectivity index (χ3v) is 4.28. The Morgan fingerprint density at radius 1 is 1.00 bits per heavy atom. The van der Waals surface area contributed by atoms with Gasteiger partial charge in [-0.15, -0.1) is 0 Å². The van der Waals surface area contributed by atoms with E-state index in [-0.39, 0.29) is 0 Å². The third kappa shape index (κ3) is 2.74. The fourth-order valence-corrected chi connectivity index (χ4v) is 2.91. The third-order valence-electron chi connectivity index (χ3n) is 4.28. The van der Waals surface area contributed by atoms with E-state index in [0.29, 0.717) is 6.04 Å². The lowest BCUT2D eigenvalue weighted by Crippen LogP contribution is -2.56. The number of likely N-dealkylation sites (N-methyl/N-ethyl adjacent to an activating group) is 1. The molecule has 0 spiro atoms. The lowest BCUT2D eigenvalue weighted by Gasteiger charge is -2.42. The van der Waals surface area contributed by atoms with E-state index in [1.54, 1.807) is 0 Å². The van der Waals surface area contributed by atoms with Gasteiger partial charge in [0.1, 0.15) is 0 Å². The van der Waals surface area contributed by atoms with Crippen molar-refractivity contribution in [2.45, 2.75) is 24.8 Å². The quantitative estimate of drug-likeness (QED) is 0.874. The molecule has 2 aliphatic rings. The smallest absolute Gasteiger partial charge is 0.0259 e. The topological polar surface area (TPSA) is 18.5 Å². The summed E-state index contributed by atoms with van der Waals surface area (Å²) in [7, 11) is 2.20. The second-order valence-electron chi connectivity index (χ2n) is 5.70. The van der Waals surface area contributed by atoms with Crippen molar-refractivity contribution in [2.24, 2.45) is 0 Å². The fourth-order valence-electron chi connectivity index (χ4n) is 2.91. The molecule has 3 heteroatoms. The lowest BCUT2D eigenvalue weighted by molar-refractivity contribution is 0.0628. The van der Waals surface area contributed by atoms with Gasteiger partial charge in [-0.05, 0) is 31.4 Å². The Labute approximate surface area is 110 Å². The molecule has 3 rings (SSSR count). The van der Waals surface area contributed by atoms with Crippen LogP contribution in [-0.2, 0) is 0 Å². The number of rotatable bonds is 3. The van der Waals surface area contributed by atoms with E-state index in [4.69, 9.17) is 0 Å². The van der Waals surface area contributed by atoms with E-state index < -0.39 is 0 Å². The summed E-state index contributed by atoms with van der Waals surface area (Å²) in [6.45, 7) is 4.68. The van der Waals surface area contributed by atoms with Crippen LogP contribution in [0.3, 0.4) is 0 Å². The van der Waals surface area contributed by atoms with Crippen molar-refractivity contribution in [3.63, 3.8) is 0 Å². The summed E-state index contributed by atoms with van der Waals surface area (Å²) in [5, 5.41) is 2.41. The van der Waals surface area contributed by atoms with Crippen molar-refractivity contribution >= 4 is 0 Å². The van der Waals surface area contributed by atoms with Crippen molar-refractivity contribution in [1.29, 1.82) is 0 Å². The average Bonchev–Trinajstić information content (AvgIpc) is 2.36. The molecule has 0 atom stereocenters. The van der Waals surface area contributed by atoms with Gasteiger partial charge in [0.15, 0.2) is 0 Å². The Morgan fingerprint density at radius 3 is 2.33 bits per heavy atom. The van der Waals surface area contributed by atoms with E-state index >= 15 is 0 Å². The molecular formula is C15H23N3. The molecule has 18 heavy (non-hydrogen) atoms. The molecule has 1 aromatic rings. The van der Waals surface area contributed by atoms with E-state index in [1.165, 1.54) is 31.5 Å². The molecule has 98 valence electrons. The SMILES string of the molecule is CN1CCN(NC2CC(c3ccccc3)C2)CC1. The molecule has 1 saturated carbocycles. The number of hydrogen-bond donors (Lipinski definition) is 1. The van der Waals surface area contributed by atoms with Crippen LogP contribution >= 0.6 is 0 Å². The van der Waals surface area contributed by atoms with Crippen molar-refractivity contribution in [2.75, 3.05) is 33.2 Å². The molecular weight excluding hydrogens is 222 g/mol. The van der Waals surface area contributed by atoms with Gasteiger partial charge in [-0.1, -0.05) is 30.3 Å². The van der Waals surface area contributed by atoms with Gasteiger partial charge in [0.25, 0.3) is 0 Å². The van der Waals surface area contributed by atoms with Crippen LogP contribution in [0.5, 0.6) is 0 Å². The standard InChI is InChI=1S/C15H23N3/c1-17-7-9-18(10-8-17)16-15-11-14(12-15)13-5-3-2-4-6-13/h2-6,14-16H,7-12H2,1H3. The molecule has 1 N–H and O–H groups in total. The maximum Gasteiger partial charge on any atom is 0.0259 e. The fraction of sp³-hybridized carbons (Fsp3) is 0.600. The van der Waals surface area contributed by atoms with E-state index in [0.717, 1.165) is 19.0 Å². The summed E-state index contributed by atoms with van der Waals surface area (Å²) in [4.78, 5) is 2.39. The maximum absolute atomic E-state index is 3.68. The molecule has 1 aliphatic carbocycles. The van der Waals surface area contributed by atoms with E-state index in [9.17, 15) is 0 Å². The minimum Gasteiger partial charge on any atom is -0.304 e. The van der Waals surface area contributed by atoms with Crippen LogP contribution in [0.1, 0.15) is 24.3 Å². The highest BCUT2D eigenvalue weighted by Crippen LogP contribution is 2.36. The summed E-state index contributed by atoms with van der Waals surface area (Å²) in [5.74, 6) is 0.774. The summed E-state index contributed by atoms with van der Waals surface area (Å²) >= 11 is 0. The first kappa shape index (κ1) is 12.2. The van der Waals surface area contributed by atoms with Gasteiger partial charge in [-0.3, -0.25) is 5.43 Å². The van der Waals surface area contributed by atoms with Gasteiger partial charge in [0, 0.05) is 32.2 Å². The van der Waals surface area contributed by atoms with Gasteiger partial charge in [0.2, 0.25) is 0 Å². The number of benzene rings is 1. The van der Waals surface area contributed by atoms with Crippen LogP contribution in [0.25, 0.3) is 0 Å². The van der Waals surface area contributed by atoms with Gasteiger partial charge in [0.05, 0.1) is 0 Å². The first-order valence-electron chi connectivity index (χ1n) is 7.06. The molecule has 2 fully saturated rings. The molecule has 0 aromatic heterocycles. The Kier molecular flexibility index (Phi) is 3.64. The number of nitrogens with one attached hydrogen (secondary N) is 1. The summed E-state index contributed by atoms with van der Waals surface area (Å²) < 4.78 is 0. The van der Waals surface area contributed by atoms with Crippen LogP contribution in [0.4, 0.5) is 0 Å². The minimum atomic E-state index is 0.693. The van der Waals surface area contributed by atoms with Crippen molar-refractivity contribution < 1.29 is 0 Å². The van der Waals surface area contributed by atoms with Gasteiger partial charge >= 0.3 is 0 Å². The normalized spacial score (nSPS) is 30.1. The Balaban J connectivity index is 1.43. The molecule has 1 aromatic carbocycles. The van der Waals surface area contributed by atoms with Gasteiger partial charge < -0.3 is 4.90 Å². The van der Waals surface area contributed by atoms with Crippen molar-refractivity contribution in [3.8, 4) is 0 Å². The molecule has 1 aliphatic heterocycles. The first-order valence-corrected chi connectivity index (χ1v) is 7.06. The summed E-state index contributed by atoms with van der Waals surface area (Å²) in [5.41, 5.74) is 5.19.